The number of nitrogens with zero attached hydrogens (tertiary/aromatic N) is 2. The van der Waals surface area contributed by atoms with E-state index in [1.165, 1.54) is 17.0 Å². The summed E-state index contributed by atoms with van der Waals surface area (Å²) >= 11 is 0. The minimum absolute atomic E-state index is 0.0123. The molecule has 2 atom stereocenters. The molecule has 1 aliphatic heterocycles. The third kappa shape index (κ3) is 2.86. The van der Waals surface area contributed by atoms with Crippen LogP contribution in [0, 0.1) is 28.9 Å². The van der Waals surface area contributed by atoms with Gasteiger partial charge in [-0.1, -0.05) is 13.0 Å². The summed E-state index contributed by atoms with van der Waals surface area (Å²) in [7, 11) is 0. The van der Waals surface area contributed by atoms with Crippen molar-refractivity contribution in [1.82, 2.24) is 4.90 Å². The highest BCUT2D eigenvalue weighted by Gasteiger charge is 2.38. The number of nitro benzene ring substituents is 1. The van der Waals surface area contributed by atoms with Crippen LogP contribution in [0.5, 0.6) is 0 Å². The molecule has 1 fully saturated rings. The van der Waals surface area contributed by atoms with Crippen molar-refractivity contribution in [3.05, 3.63) is 39.4 Å². The van der Waals surface area contributed by atoms with E-state index in [0.717, 1.165) is 5.56 Å². The van der Waals surface area contributed by atoms with Crippen LogP contribution in [-0.2, 0) is 4.79 Å². The molecule has 7 nitrogen and oxygen atoms in total. The summed E-state index contributed by atoms with van der Waals surface area (Å²) in [6.45, 7) is 3.88. The van der Waals surface area contributed by atoms with Crippen molar-refractivity contribution in [2.45, 2.75) is 13.8 Å². The number of amides is 1. The van der Waals surface area contributed by atoms with Crippen LogP contribution in [0.3, 0.4) is 0 Å². The Balaban J connectivity index is 2.31. The molecular weight excluding hydrogens is 276 g/mol. The SMILES string of the molecule is Cc1ccc([N+](=O)[O-])c(C(=O)N2C[C@@H](C)[C@H](C(=O)O)C2)c1. The Bertz CT molecular complexity index is 613. The number of benzene rings is 1. The number of likely N-dealkylation sites (tertiary alicyclic amines) is 1. The maximum Gasteiger partial charge on any atom is 0.308 e. The molecule has 1 aromatic rings. The third-order valence-corrected chi connectivity index (χ3v) is 3.80. The standard InChI is InChI=1S/C14H16N2O5/c1-8-3-4-12(16(20)21)10(5-8)13(17)15-6-9(2)11(7-15)14(18)19/h3-5,9,11H,6-7H2,1-2H3,(H,18,19)/t9-,11-/m1/s1. The molecule has 0 saturated carbocycles. The lowest BCUT2D eigenvalue weighted by atomic mass is 9.99. The van der Waals surface area contributed by atoms with Gasteiger partial charge >= 0.3 is 5.97 Å². The number of carbonyl (C=O) groups excluding carboxylic acids is 1. The average molecular weight is 292 g/mol. The van der Waals surface area contributed by atoms with E-state index in [2.05, 4.69) is 0 Å². The maximum absolute atomic E-state index is 12.5. The first-order chi connectivity index (χ1) is 9.81. The predicted molar refractivity (Wildman–Crippen MR) is 74.0 cm³/mol. The molecule has 0 bridgehead atoms. The van der Waals surface area contributed by atoms with Gasteiger partial charge in [0.25, 0.3) is 11.6 Å². The summed E-state index contributed by atoms with van der Waals surface area (Å²) in [5.41, 5.74) is 0.501. The first-order valence-corrected chi connectivity index (χ1v) is 6.58. The Hall–Kier alpha value is -2.44. The van der Waals surface area contributed by atoms with E-state index < -0.39 is 22.7 Å². The molecule has 0 radical (unpaired) electrons. The van der Waals surface area contributed by atoms with Crippen LogP contribution in [0.25, 0.3) is 0 Å². The summed E-state index contributed by atoms with van der Waals surface area (Å²) in [6, 6.07) is 4.34. The van der Waals surface area contributed by atoms with E-state index in [0.29, 0.717) is 6.54 Å². The smallest absolute Gasteiger partial charge is 0.308 e. The van der Waals surface area contributed by atoms with Crippen molar-refractivity contribution in [3.8, 4) is 0 Å². The third-order valence-electron chi connectivity index (χ3n) is 3.80. The zero-order chi connectivity index (χ0) is 15.7. The lowest BCUT2D eigenvalue weighted by molar-refractivity contribution is -0.385. The van der Waals surface area contributed by atoms with Gasteiger partial charge in [-0.25, -0.2) is 0 Å². The monoisotopic (exact) mass is 292 g/mol. The summed E-state index contributed by atoms with van der Waals surface area (Å²) in [4.78, 5) is 35.4. The van der Waals surface area contributed by atoms with E-state index in [1.807, 2.05) is 0 Å². The minimum atomic E-state index is -0.948. The molecule has 112 valence electrons. The van der Waals surface area contributed by atoms with Gasteiger partial charge in [-0.05, 0) is 24.5 Å². The second-order valence-electron chi connectivity index (χ2n) is 5.41. The normalized spacial score (nSPS) is 21.3. The number of carbonyl (C=O) groups is 2. The summed E-state index contributed by atoms with van der Waals surface area (Å²) in [6.07, 6.45) is 0. The quantitative estimate of drug-likeness (QED) is 0.675. The number of aliphatic carboxylic acids is 1. The number of rotatable bonds is 3. The fraction of sp³-hybridized carbons (Fsp3) is 0.429. The van der Waals surface area contributed by atoms with E-state index in [4.69, 9.17) is 5.11 Å². The van der Waals surface area contributed by atoms with Crippen molar-refractivity contribution in [1.29, 1.82) is 0 Å². The highest BCUT2D eigenvalue weighted by atomic mass is 16.6. The number of hydrogen-bond acceptors (Lipinski definition) is 4. The number of hydrogen-bond donors (Lipinski definition) is 1. The zero-order valence-electron chi connectivity index (χ0n) is 11.8. The van der Waals surface area contributed by atoms with Crippen molar-refractivity contribution < 1.29 is 19.6 Å². The lowest BCUT2D eigenvalue weighted by Gasteiger charge is -2.16. The van der Waals surface area contributed by atoms with Crippen molar-refractivity contribution in [2.75, 3.05) is 13.1 Å². The van der Waals surface area contributed by atoms with Gasteiger partial charge in [0.2, 0.25) is 0 Å². The number of carboxylic acid groups (broad SMARTS) is 1. The van der Waals surface area contributed by atoms with Crippen LogP contribution in [-0.4, -0.2) is 39.9 Å². The first-order valence-electron chi connectivity index (χ1n) is 6.58. The fourth-order valence-electron chi connectivity index (χ4n) is 2.60. The van der Waals surface area contributed by atoms with Gasteiger partial charge in [-0.3, -0.25) is 19.7 Å². The van der Waals surface area contributed by atoms with E-state index >= 15 is 0 Å². The molecule has 0 unspecified atom stereocenters. The summed E-state index contributed by atoms with van der Waals surface area (Å²) in [5, 5.41) is 20.1. The molecule has 7 heteroatoms. The second-order valence-corrected chi connectivity index (χ2v) is 5.41. The Morgan fingerprint density at radius 1 is 1.38 bits per heavy atom. The maximum atomic E-state index is 12.5. The number of nitro groups is 1. The fourth-order valence-corrected chi connectivity index (χ4v) is 2.60. The molecule has 1 aliphatic rings. The van der Waals surface area contributed by atoms with Crippen LogP contribution < -0.4 is 0 Å². The molecule has 1 amide bonds. The van der Waals surface area contributed by atoms with Gasteiger partial charge in [0.05, 0.1) is 10.8 Å². The minimum Gasteiger partial charge on any atom is -0.481 e. The average Bonchev–Trinajstić information content (AvgIpc) is 2.79. The van der Waals surface area contributed by atoms with Crippen LogP contribution in [0.2, 0.25) is 0 Å². The number of carboxylic acids is 1. The van der Waals surface area contributed by atoms with Gasteiger partial charge < -0.3 is 10.0 Å². The molecule has 1 heterocycles. The van der Waals surface area contributed by atoms with Gasteiger partial charge in [0.15, 0.2) is 0 Å². The largest absolute Gasteiger partial charge is 0.481 e. The Labute approximate surface area is 121 Å². The van der Waals surface area contributed by atoms with Crippen LogP contribution in [0.1, 0.15) is 22.8 Å². The van der Waals surface area contributed by atoms with Crippen molar-refractivity contribution in [3.63, 3.8) is 0 Å². The molecular formula is C14H16N2O5. The highest BCUT2D eigenvalue weighted by Crippen LogP contribution is 2.28. The molecule has 1 N–H and O–H groups in total. The number of aryl methyl sites for hydroxylation is 1. The van der Waals surface area contributed by atoms with Gasteiger partial charge in [-0.2, -0.15) is 0 Å². The van der Waals surface area contributed by atoms with Crippen molar-refractivity contribution in [2.24, 2.45) is 11.8 Å². The Morgan fingerprint density at radius 3 is 2.57 bits per heavy atom. The zero-order valence-corrected chi connectivity index (χ0v) is 11.8. The Kier molecular flexibility index (Phi) is 3.93. The summed E-state index contributed by atoms with van der Waals surface area (Å²) < 4.78 is 0. The van der Waals surface area contributed by atoms with E-state index in [-0.39, 0.29) is 23.7 Å². The van der Waals surface area contributed by atoms with Gasteiger partial charge in [0, 0.05) is 19.2 Å². The molecule has 21 heavy (non-hydrogen) atoms. The van der Waals surface area contributed by atoms with Crippen LogP contribution >= 0.6 is 0 Å². The predicted octanol–water partition coefficient (Wildman–Crippen LogP) is 1.70. The van der Waals surface area contributed by atoms with Crippen molar-refractivity contribution >= 4 is 17.6 Å². The molecule has 1 aromatic carbocycles. The van der Waals surface area contributed by atoms with Crippen LogP contribution in [0.4, 0.5) is 5.69 Å². The first kappa shape index (κ1) is 15.0. The highest BCUT2D eigenvalue weighted by molar-refractivity contribution is 5.98. The molecule has 1 saturated heterocycles. The van der Waals surface area contributed by atoms with Gasteiger partial charge in [-0.15, -0.1) is 0 Å². The lowest BCUT2D eigenvalue weighted by Crippen LogP contribution is -2.30. The topological polar surface area (TPSA) is 101 Å². The van der Waals surface area contributed by atoms with Crippen LogP contribution in [0.15, 0.2) is 18.2 Å². The van der Waals surface area contributed by atoms with E-state index in [9.17, 15) is 19.7 Å². The molecule has 0 aliphatic carbocycles. The Morgan fingerprint density at radius 2 is 2.05 bits per heavy atom. The molecule has 0 aromatic heterocycles. The molecule has 0 spiro atoms. The summed E-state index contributed by atoms with van der Waals surface area (Å²) in [5.74, 6) is -2.23. The second kappa shape index (κ2) is 5.51. The van der Waals surface area contributed by atoms with Gasteiger partial charge in [0.1, 0.15) is 5.56 Å². The van der Waals surface area contributed by atoms with E-state index in [1.54, 1.807) is 19.9 Å². The molecule has 2 rings (SSSR count).